The van der Waals surface area contributed by atoms with Gasteiger partial charge >= 0.3 is 5.97 Å². The fraction of sp³-hybridized carbons (Fsp3) is 0.176. The lowest BCUT2D eigenvalue weighted by molar-refractivity contribution is -0.384. The first kappa shape index (κ1) is 17.9. The summed E-state index contributed by atoms with van der Waals surface area (Å²) in [6.07, 6.45) is 0.245. The molecule has 2 rings (SSSR count). The van der Waals surface area contributed by atoms with Crippen LogP contribution < -0.4 is 14.8 Å². The van der Waals surface area contributed by atoms with Crippen molar-refractivity contribution >= 4 is 23.3 Å². The van der Waals surface area contributed by atoms with Crippen LogP contribution in [0.4, 0.5) is 11.4 Å². The Kier molecular flexibility index (Phi) is 5.67. The Balaban J connectivity index is 2.17. The van der Waals surface area contributed by atoms with Crippen molar-refractivity contribution in [3.8, 4) is 11.5 Å². The Morgan fingerprint density at radius 3 is 2.40 bits per heavy atom. The van der Waals surface area contributed by atoms with Crippen molar-refractivity contribution < 1.29 is 24.0 Å². The van der Waals surface area contributed by atoms with E-state index in [1.807, 2.05) is 0 Å². The maximum Gasteiger partial charge on any atom is 0.310 e. The minimum atomic E-state index is -0.564. The molecule has 2 aromatic rings. The number of nitro groups is 1. The molecule has 0 aromatic heterocycles. The Morgan fingerprint density at radius 2 is 1.84 bits per heavy atom. The van der Waals surface area contributed by atoms with Gasteiger partial charge in [-0.1, -0.05) is 6.92 Å². The highest BCUT2D eigenvalue weighted by Gasteiger charge is 2.15. The SMILES string of the molecule is CCC(=O)Oc1ccc(C(=O)Nc2cc([N+](=O)[O-])ccc2OC)cc1. The van der Waals surface area contributed by atoms with Crippen LogP contribution in [-0.2, 0) is 4.79 Å². The molecule has 0 aliphatic rings. The van der Waals surface area contributed by atoms with E-state index in [-0.39, 0.29) is 23.8 Å². The summed E-state index contributed by atoms with van der Waals surface area (Å²) in [5.74, 6) is -0.227. The molecule has 130 valence electrons. The van der Waals surface area contributed by atoms with Crippen LogP contribution in [0.1, 0.15) is 23.7 Å². The van der Waals surface area contributed by atoms with Gasteiger partial charge in [-0.3, -0.25) is 19.7 Å². The molecule has 0 radical (unpaired) electrons. The third-order valence-corrected chi connectivity index (χ3v) is 3.28. The molecule has 0 aliphatic carbocycles. The fourth-order valence-electron chi connectivity index (χ4n) is 1.98. The van der Waals surface area contributed by atoms with Crippen LogP contribution in [0.5, 0.6) is 11.5 Å². The van der Waals surface area contributed by atoms with E-state index in [1.165, 1.54) is 49.6 Å². The molecule has 0 bridgehead atoms. The Morgan fingerprint density at radius 1 is 1.16 bits per heavy atom. The topological polar surface area (TPSA) is 108 Å². The predicted molar refractivity (Wildman–Crippen MR) is 90.0 cm³/mol. The Hall–Kier alpha value is -3.42. The highest BCUT2D eigenvalue weighted by molar-refractivity contribution is 6.05. The number of nitrogens with one attached hydrogen (secondary N) is 1. The van der Waals surface area contributed by atoms with Gasteiger partial charge in [-0.2, -0.15) is 0 Å². The van der Waals surface area contributed by atoms with Crippen LogP contribution in [0.3, 0.4) is 0 Å². The lowest BCUT2D eigenvalue weighted by atomic mass is 10.2. The first-order valence-electron chi connectivity index (χ1n) is 7.39. The van der Waals surface area contributed by atoms with Crippen molar-refractivity contribution in [1.29, 1.82) is 0 Å². The van der Waals surface area contributed by atoms with Crippen LogP contribution >= 0.6 is 0 Å². The van der Waals surface area contributed by atoms with Crippen molar-refractivity contribution in [2.45, 2.75) is 13.3 Å². The molecule has 0 atom stereocenters. The number of amides is 1. The van der Waals surface area contributed by atoms with E-state index in [9.17, 15) is 19.7 Å². The quantitative estimate of drug-likeness (QED) is 0.373. The van der Waals surface area contributed by atoms with Gasteiger partial charge in [-0.15, -0.1) is 0 Å². The average molecular weight is 344 g/mol. The average Bonchev–Trinajstić information content (AvgIpc) is 2.62. The summed E-state index contributed by atoms with van der Waals surface area (Å²) in [6, 6.07) is 9.86. The monoisotopic (exact) mass is 344 g/mol. The molecule has 1 N–H and O–H groups in total. The number of nitro benzene ring substituents is 1. The normalized spacial score (nSPS) is 10.0. The van der Waals surface area contributed by atoms with Gasteiger partial charge in [0.15, 0.2) is 0 Å². The maximum atomic E-state index is 12.3. The molecular weight excluding hydrogens is 328 g/mol. The highest BCUT2D eigenvalue weighted by Crippen LogP contribution is 2.29. The van der Waals surface area contributed by atoms with E-state index in [2.05, 4.69) is 5.32 Å². The smallest absolute Gasteiger partial charge is 0.310 e. The lowest BCUT2D eigenvalue weighted by Crippen LogP contribution is -2.13. The number of nitrogens with zero attached hydrogens (tertiary/aromatic N) is 1. The maximum absolute atomic E-state index is 12.3. The number of benzene rings is 2. The number of esters is 1. The fourth-order valence-corrected chi connectivity index (χ4v) is 1.98. The molecule has 0 unspecified atom stereocenters. The van der Waals surface area contributed by atoms with E-state index in [0.29, 0.717) is 17.1 Å². The van der Waals surface area contributed by atoms with Crippen LogP contribution in [0.25, 0.3) is 0 Å². The molecular formula is C17H16N2O6. The van der Waals surface area contributed by atoms with Gasteiger partial charge in [0.1, 0.15) is 11.5 Å². The highest BCUT2D eigenvalue weighted by atomic mass is 16.6. The number of hydrogen-bond donors (Lipinski definition) is 1. The summed E-state index contributed by atoms with van der Waals surface area (Å²) in [5.41, 5.74) is 0.311. The number of methoxy groups -OCH3 is 1. The second kappa shape index (κ2) is 7.91. The zero-order chi connectivity index (χ0) is 18.4. The molecule has 25 heavy (non-hydrogen) atoms. The number of non-ortho nitro benzene ring substituents is 1. The standard InChI is InChI=1S/C17H16N2O6/c1-3-16(20)25-13-7-4-11(5-8-13)17(21)18-14-10-12(19(22)23)6-9-15(14)24-2/h4-10H,3H2,1-2H3,(H,18,21). The summed E-state index contributed by atoms with van der Waals surface area (Å²) in [6.45, 7) is 1.68. The van der Waals surface area contributed by atoms with Crippen molar-refractivity contribution in [1.82, 2.24) is 0 Å². The van der Waals surface area contributed by atoms with E-state index in [0.717, 1.165) is 0 Å². The first-order chi connectivity index (χ1) is 11.9. The third-order valence-electron chi connectivity index (χ3n) is 3.28. The van der Waals surface area contributed by atoms with E-state index >= 15 is 0 Å². The lowest BCUT2D eigenvalue weighted by Gasteiger charge is -2.10. The number of anilines is 1. The molecule has 0 heterocycles. The minimum absolute atomic E-state index is 0.169. The van der Waals surface area contributed by atoms with Gasteiger partial charge < -0.3 is 14.8 Å². The van der Waals surface area contributed by atoms with Crippen molar-refractivity contribution in [3.05, 3.63) is 58.1 Å². The molecule has 8 nitrogen and oxygen atoms in total. The van der Waals surface area contributed by atoms with E-state index in [4.69, 9.17) is 9.47 Å². The van der Waals surface area contributed by atoms with Crippen LogP contribution in [0.2, 0.25) is 0 Å². The molecule has 8 heteroatoms. The molecule has 0 saturated heterocycles. The first-order valence-corrected chi connectivity index (χ1v) is 7.39. The summed E-state index contributed by atoms with van der Waals surface area (Å²) in [5, 5.41) is 13.4. The van der Waals surface area contributed by atoms with Gasteiger partial charge in [-0.25, -0.2) is 0 Å². The number of ether oxygens (including phenoxy) is 2. The molecule has 0 fully saturated rings. The zero-order valence-electron chi connectivity index (χ0n) is 13.6. The zero-order valence-corrected chi connectivity index (χ0v) is 13.6. The van der Waals surface area contributed by atoms with Crippen molar-refractivity contribution in [2.24, 2.45) is 0 Å². The number of carbonyl (C=O) groups excluding carboxylic acids is 2. The second-order valence-corrected chi connectivity index (χ2v) is 4.95. The summed E-state index contributed by atoms with van der Waals surface area (Å²) < 4.78 is 10.1. The second-order valence-electron chi connectivity index (χ2n) is 4.95. The van der Waals surface area contributed by atoms with Crippen LogP contribution in [-0.4, -0.2) is 23.9 Å². The molecule has 0 aliphatic heterocycles. The summed E-state index contributed by atoms with van der Waals surface area (Å²) in [7, 11) is 1.40. The Bertz CT molecular complexity index is 801. The van der Waals surface area contributed by atoms with Gasteiger partial charge in [-0.05, 0) is 30.3 Å². The number of rotatable bonds is 6. The third kappa shape index (κ3) is 4.54. The van der Waals surface area contributed by atoms with E-state index < -0.39 is 10.8 Å². The van der Waals surface area contributed by atoms with Gasteiger partial charge in [0.05, 0.1) is 17.7 Å². The van der Waals surface area contributed by atoms with Crippen molar-refractivity contribution in [3.63, 3.8) is 0 Å². The largest absolute Gasteiger partial charge is 0.495 e. The van der Waals surface area contributed by atoms with Crippen LogP contribution in [0, 0.1) is 10.1 Å². The van der Waals surface area contributed by atoms with Gasteiger partial charge in [0.2, 0.25) is 0 Å². The minimum Gasteiger partial charge on any atom is -0.495 e. The predicted octanol–water partition coefficient (Wildman–Crippen LogP) is 3.17. The van der Waals surface area contributed by atoms with Crippen molar-refractivity contribution in [2.75, 3.05) is 12.4 Å². The van der Waals surface area contributed by atoms with E-state index in [1.54, 1.807) is 6.92 Å². The molecule has 2 aromatic carbocycles. The molecule has 1 amide bonds. The Labute approximate surface area is 143 Å². The molecule has 0 saturated carbocycles. The van der Waals surface area contributed by atoms with Gasteiger partial charge in [0.25, 0.3) is 11.6 Å². The molecule has 0 spiro atoms. The van der Waals surface area contributed by atoms with Gasteiger partial charge in [0, 0.05) is 24.1 Å². The number of hydrogen-bond acceptors (Lipinski definition) is 6. The summed E-state index contributed by atoms with van der Waals surface area (Å²) >= 11 is 0. The number of carbonyl (C=O) groups is 2. The summed E-state index contributed by atoms with van der Waals surface area (Å²) in [4.78, 5) is 33.8. The van der Waals surface area contributed by atoms with Crippen LogP contribution in [0.15, 0.2) is 42.5 Å².